The summed E-state index contributed by atoms with van der Waals surface area (Å²) in [5.41, 5.74) is 0. The van der Waals surface area contributed by atoms with E-state index in [1.165, 1.54) is 14.0 Å². The van der Waals surface area contributed by atoms with Gasteiger partial charge in [0.1, 0.15) is 36.6 Å². The molecule has 2 heterocycles. The number of hydrogen-bond acceptors (Lipinski definition) is 9. The lowest BCUT2D eigenvalue weighted by atomic mass is 9.93. The second-order valence-electron chi connectivity index (χ2n) is 6.34. The molecule has 0 bridgehead atoms. The predicted octanol–water partition coefficient (Wildman–Crippen LogP) is -2.89. The van der Waals surface area contributed by atoms with Crippen LogP contribution >= 0.6 is 0 Å². The number of nitrogens with one attached hydrogen (secondary N) is 1. The summed E-state index contributed by atoms with van der Waals surface area (Å²) in [6.07, 6.45) is -8.34. The molecular formula is C15H27NO9. The molecule has 0 aromatic carbocycles. The van der Waals surface area contributed by atoms with Crippen LogP contribution in [0.5, 0.6) is 0 Å². The van der Waals surface area contributed by atoms with E-state index in [4.69, 9.17) is 18.9 Å². The fourth-order valence-corrected chi connectivity index (χ4v) is 3.13. The Balaban J connectivity index is 2.15. The van der Waals surface area contributed by atoms with Gasteiger partial charge in [-0.05, 0) is 6.92 Å². The SMILES string of the molecule is CO[C@@H]1CO[C@@H](OC2C(NC(C)=O)[C@H](C)OC(CO)[C@H]2O)C(O)C1O. The van der Waals surface area contributed by atoms with Crippen LogP contribution < -0.4 is 5.32 Å². The molecule has 0 spiro atoms. The zero-order valence-corrected chi connectivity index (χ0v) is 14.4. The van der Waals surface area contributed by atoms with Crippen molar-refractivity contribution in [1.29, 1.82) is 0 Å². The van der Waals surface area contributed by atoms with Crippen molar-refractivity contribution < 1.29 is 44.2 Å². The molecule has 10 heteroatoms. The van der Waals surface area contributed by atoms with Gasteiger partial charge in [-0.3, -0.25) is 4.79 Å². The fourth-order valence-electron chi connectivity index (χ4n) is 3.13. The highest BCUT2D eigenvalue weighted by molar-refractivity contribution is 5.73. The first-order valence-electron chi connectivity index (χ1n) is 8.17. The van der Waals surface area contributed by atoms with E-state index in [2.05, 4.69) is 5.32 Å². The minimum absolute atomic E-state index is 0.0114. The van der Waals surface area contributed by atoms with Crippen LogP contribution in [0.15, 0.2) is 0 Å². The van der Waals surface area contributed by atoms with E-state index in [-0.39, 0.29) is 12.5 Å². The number of aliphatic hydroxyl groups excluding tert-OH is 4. The van der Waals surface area contributed by atoms with Crippen LogP contribution in [0.2, 0.25) is 0 Å². The number of methoxy groups -OCH3 is 1. The molecule has 0 radical (unpaired) electrons. The molecule has 0 saturated carbocycles. The van der Waals surface area contributed by atoms with Gasteiger partial charge in [0.05, 0.1) is 25.4 Å². The van der Waals surface area contributed by atoms with Crippen LogP contribution in [-0.4, -0.2) is 102 Å². The first-order chi connectivity index (χ1) is 11.8. The quantitative estimate of drug-likeness (QED) is 0.346. The molecule has 2 aliphatic heterocycles. The van der Waals surface area contributed by atoms with Gasteiger partial charge >= 0.3 is 0 Å². The minimum atomic E-state index is -1.41. The Morgan fingerprint density at radius 3 is 2.48 bits per heavy atom. The summed E-state index contributed by atoms with van der Waals surface area (Å²) in [6, 6.07) is -0.733. The summed E-state index contributed by atoms with van der Waals surface area (Å²) >= 11 is 0. The molecule has 2 aliphatic rings. The van der Waals surface area contributed by atoms with Crippen LogP contribution in [0.4, 0.5) is 0 Å². The van der Waals surface area contributed by atoms with Crippen molar-refractivity contribution in [3.05, 3.63) is 0 Å². The van der Waals surface area contributed by atoms with Crippen molar-refractivity contribution in [3.63, 3.8) is 0 Å². The third kappa shape index (κ3) is 4.47. The van der Waals surface area contributed by atoms with Gasteiger partial charge in [0.2, 0.25) is 5.91 Å². The Morgan fingerprint density at radius 1 is 1.24 bits per heavy atom. The molecule has 2 fully saturated rings. The summed E-state index contributed by atoms with van der Waals surface area (Å²) in [5.74, 6) is -0.353. The van der Waals surface area contributed by atoms with Crippen molar-refractivity contribution in [2.24, 2.45) is 0 Å². The summed E-state index contributed by atoms with van der Waals surface area (Å²) in [6.45, 7) is 2.52. The van der Waals surface area contributed by atoms with Gasteiger partial charge in [-0.2, -0.15) is 0 Å². The minimum Gasteiger partial charge on any atom is -0.394 e. The number of amides is 1. The summed E-state index contributed by atoms with van der Waals surface area (Å²) < 4.78 is 21.6. The maximum atomic E-state index is 11.5. The smallest absolute Gasteiger partial charge is 0.217 e. The number of rotatable bonds is 5. The summed E-state index contributed by atoms with van der Waals surface area (Å²) in [5, 5.41) is 42.6. The second kappa shape index (κ2) is 8.69. The van der Waals surface area contributed by atoms with Gasteiger partial charge in [0, 0.05) is 14.0 Å². The Kier molecular flexibility index (Phi) is 7.11. The van der Waals surface area contributed by atoms with Crippen LogP contribution in [0.25, 0.3) is 0 Å². The van der Waals surface area contributed by atoms with E-state index in [0.717, 1.165) is 0 Å². The first kappa shape index (κ1) is 20.5. The van der Waals surface area contributed by atoms with Gasteiger partial charge in [0.15, 0.2) is 6.29 Å². The largest absolute Gasteiger partial charge is 0.394 e. The molecule has 1 amide bonds. The number of carbonyl (C=O) groups is 1. The van der Waals surface area contributed by atoms with Crippen molar-refractivity contribution in [2.75, 3.05) is 20.3 Å². The van der Waals surface area contributed by atoms with E-state index in [1.54, 1.807) is 6.92 Å². The van der Waals surface area contributed by atoms with Crippen molar-refractivity contribution in [3.8, 4) is 0 Å². The predicted molar refractivity (Wildman–Crippen MR) is 82.5 cm³/mol. The van der Waals surface area contributed by atoms with E-state index >= 15 is 0 Å². The molecule has 10 nitrogen and oxygen atoms in total. The van der Waals surface area contributed by atoms with Gasteiger partial charge in [-0.1, -0.05) is 0 Å². The standard InChI is InChI=1S/C15H27NO9/c1-6-10(16-7(2)18)14(12(20)8(4-17)24-6)25-15-13(21)11(19)9(22-3)5-23-15/h6,8-15,17,19-21H,4-5H2,1-3H3,(H,16,18)/t6-,8?,9+,10?,11?,12+,13?,14?,15-/m0/s1. The van der Waals surface area contributed by atoms with Gasteiger partial charge in [-0.15, -0.1) is 0 Å². The molecule has 2 rings (SSSR count). The van der Waals surface area contributed by atoms with Crippen LogP contribution in [0.3, 0.4) is 0 Å². The lowest BCUT2D eigenvalue weighted by Gasteiger charge is -2.46. The highest BCUT2D eigenvalue weighted by atomic mass is 16.7. The molecule has 0 aromatic heterocycles. The van der Waals surface area contributed by atoms with Gasteiger partial charge < -0.3 is 44.7 Å². The van der Waals surface area contributed by atoms with Gasteiger partial charge in [0.25, 0.3) is 0 Å². The summed E-state index contributed by atoms with van der Waals surface area (Å²) in [4.78, 5) is 11.5. The Labute approximate surface area is 145 Å². The number of hydrogen-bond donors (Lipinski definition) is 5. The van der Waals surface area contributed by atoms with E-state index in [9.17, 15) is 25.2 Å². The van der Waals surface area contributed by atoms with Crippen molar-refractivity contribution in [1.82, 2.24) is 5.32 Å². The highest BCUT2D eigenvalue weighted by Gasteiger charge is 2.48. The molecule has 0 aromatic rings. The van der Waals surface area contributed by atoms with Crippen LogP contribution in [0.1, 0.15) is 13.8 Å². The number of ether oxygens (including phenoxy) is 4. The lowest BCUT2D eigenvalue weighted by molar-refractivity contribution is -0.312. The van der Waals surface area contributed by atoms with Crippen molar-refractivity contribution >= 4 is 5.91 Å². The molecular weight excluding hydrogens is 338 g/mol. The van der Waals surface area contributed by atoms with E-state index in [0.29, 0.717) is 0 Å². The van der Waals surface area contributed by atoms with Crippen LogP contribution in [-0.2, 0) is 23.7 Å². The molecule has 5 unspecified atom stereocenters. The zero-order valence-electron chi connectivity index (χ0n) is 14.4. The maximum absolute atomic E-state index is 11.5. The molecule has 25 heavy (non-hydrogen) atoms. The van der Waals surface area contributed by atoms with Gasteiger partial charge in [-0.25, -0.2) is 0 Å². The normalized spacial score (nSPS) is 45.2. The Hall–Kier alpha value is -0.850. The average molecular weight is 365 g/mol. The average Bonchev–Trinajstić information content (AvgIpc) is 2.57. The monoisotopic (exact) mass is 365 g/mol. The van der Waals surface area contributed by atoms with E-state index < -0.39 is 61.7 Å². The Bertz CT molecular complexity index is 451. The number of carbonyl (C=O) groups excluding carboxylic acids is 1. The molecule has 146 valence electrons. The third-order valence-corrected chi connectivity index (χ3v) is 4.54. The summed E-state index contributed by atoms with van der Waals surface area (Å²) in [7, 11) is 1.38. The Morgan fingerprint density at radius 2 is 1.92 bits per heavy atom. The lowest BCUT2D eigenvalue weighted by Crippen LogP contribution is -2.66. The molecule has 9 atom stereocenters. The maximum Gasteiger partial charge on any atom is 0.217 e. The molecule has 5 N–H and O–H groups in total. The van der Waals surface area contributed by atoms with Crippen molar-refractivity contribution in [2.45, 2.75) is 68.9 Å². The zero-order chi connectivity index (χ0) is 18.7. The molecule has 2 saturated heterocycles. The van der Waals surface area contributed by atoms with E-state index in [1.807, 2.05) is 0 Å². The fraction of sp³-hybridized carbons (Fsp3) is 0.933. The topological polar surface area (TPSA) is 147 Å². The van der Waals surface area contributed by atoms with Crippen LogP contribution in [0, 0.1) is 0 Å². The molecule has 0 aliphatic carbocycles. The first-order valence-corrected chi connectivity index (χ1v) is 8.17. The number of aliphatic hydroxyl groups is 4. The second-order valence-corrected chi connectivity index (χ2v) is 6.34. The highest BCUT2D eigenvalue weighted by Crippen LogP contribution is 2.27. The third-order valence-electron chi connectivity index (χ3n) is 4.54.